The van der Waals surface area contributed by atoms with E-state index in [-0.39, 0.29) is 6.10 Å². The van der Waals surface area contributed by atoms with Gasteiger partial charge in [-0.05, 0) is 50.8 Å². The number of halogens is 1. The predicted molar refractivity (Wildman–Crippen MR) is 84.0 cm³/mol. The van der Waals surface area contributed by atoms with Gasteiger partial charge >= 0.3 is 12.1 Å². The van der Waals surface area contributed by atoms with E-state index in [0.717, 1.165) is 25.7 Å². The van der Waals surface area contributed by atoms with Crippen LogP contribution >= 0.6 is 11.6 Å². The lowest BCUT2D eigenvalue weighted by atomic mass is 9.98. The molecule has 5 nitrogen and oxygen atoms in total. The number of hydrogen-bond donors (Lipinski definition) is 1. The summed E-state index contributed by atoms with van der Waals surface area (Å²) >= 11 is 5.83. The quantitative estimate of drug-likeness (QED) is 0.844. The van der Waals surface area contributed by atoms with Crippen molar-refractivity contribution < 1.29 is 19.1 Å². The molecule has 0 aliphatic heterocycles. The first-order valence-corrected chi connectivity index (χ1v) is 7.86. The second kappa shape index (κ2) is 8.03. The average Bonchev–Trinajstić information content (AvgIpc) is 2.48. The zero-order valence-electron chi connectivity index (χ0n) is 12.5. The minimum absolute atomic E-state index is 0.0525. The number of benzene rings is 1. The van der Waals surface area contributed by atoms with Crippen LogP contribution in [0.4, 0.5) is 10.5 Å². The normalized spacial score (nSPS) is 16.6. The van der Waals surface area contributed by atoms with Gasteiger partial charge in [-0.2, -0.15) is 0 Å². The molecular weight excluding hydrogens is 306 g/mol. The fourth-order valence-corrected chi connectivity index (χ4v) is 2.56. The number of esters is 1. The summed E-state index contributed by atoms with van der Waals surface area (Å²) in [4.78, 5) is 23.7. The monoisotopic (exact) mass is 325 g/mol. The maximum Gasteiger partial charge on any atom is 0.412 e. The van der Waals surface area contributed by atoms with Crippen molar-refractivity contribution >= 4 is 29.4 Å². The molecule has 0 saturated heterocycles. The Labute approximate surface area is 134 Å². The molecule has 1 N–H and O–H groups in total. The van der Waals surface area contributed by atoms with Gasteiger partial charge in [-0.3, -0.25) is 5.32 Å². The third kappa shape index (κ3) is 5.22. The number of carbonyl (C=O) groups excluding carboxylic acids is 2. The fraction of sp³-hybridized carbons (Fsp3) is 0.500. The first-order chi connectivity index (χ1) is 10.5. The highest BCUT2D eigenvalue weighted by atomic mass is 35.5. The Bertz CT molecular complexity index is 529. The molecular formula is C16H20ClNO4. The van der Waals surface area contributed by atoms with E-state index in [0.29, 0.717) is 10.7 Å². The molecule has 0 radical (unpaired) electrons. The lowest BCUT2D eigenvalue weighted by Gasteiger charge is -2.23. The molecule has 0 heterocycles. The molecule has 1 saturated carbocycles. The Morgan fingerprint density at radius 2 is 2.00 bits per heavy atom. The van der Waals surface area contributed by atoms with Crippen molar-refractivity contribution in [3.05, 3.63) is 29.3 Å². The first-order valence-electron chi connectivity index (χ1n) is 7.48. The van der Waals surface area contributed by atoms with Crippen molar-refractivity contribution in [2.45, 2.75) is 51.2 Å². The van der Waals surface area contributed by atoms with Crippen LogP contribution in [0.2, 0.25) is 5.02 Å². The van der Waals surface area contributed by atoms with Crippen LogP contribution in [0.25, 0.3) is 0 Å². The third-order valence-corrected chi connectivity index (χ3v) is 3.76. The van der Waals surface area contributed by atoms with Gasteiger partial charge in [-0.25, -0.2) is 9.59 Å². The molecule has 0 aromatic heterocycles. The van der Waals surface area contributed by atoms with E-state index < -0.39 is 18.2 Å². The Morgan fingerprint density at radius 1 is 1.27 bits per heavy atom. The van der Waals surface area contributed by atoms with Crippen molar-refractivity contribution in [2.75, 3.05) is 5.32 Å². The molecule has 1 unspecified atom stereocenters. The summed E-state index contributed by atoms with van der Waals surface area (Å²) in [5.41, 5.74) is 0.505. The van der Waals surface area contributed by atoms with Crippen molar-refractivity contribution in [3.8, 4) is 0 Å². The van der Waals surface area contributed by atoms with E-state index in [9.17, 15) is 9.59 Å². The van der Waals surface area contributed by atoms with Crippen LogP contribution in [0.3, 0.4) is 0 Å². The highest BCUT2D eigenvalue weighted by molar-refractivity contribution is 6.30. The standard InChI is InChI=1S/C16H20ClNO4/c1-11(15(19)22-14-8-3-2-4-9-14)21-16(20)18-13-7-5-6-12(17)10-13/h5-7,10-11,14H,2-4,8-9H2,1H3,(H,18,20). The van der Waals surface area contributed by atoms with Crippen molar-refractivity contribution in [3.63, 3.8) is 0 Å². The molecule has 22 heavy (non-hydrogen) atoms. The number of amides is 1. The van der Waals surface area contributed by atoms with Gasteiger partial charge in [0.15, 0.2) is 6.10 Å². The van der Waals surface area contributed by atoms with Crippen LogP contribution in [0.1, 0.15) is 39.0 Å². The minimum Gasteiger partial charge on any atom is -0.460 e. The summed E-state index contributed by atoms with van der Waals surface area (Å²) in [6.07, 6.45) is 3.38. The van der Waals surface area contributed by atoms with Crippen molar-refractivity contribution in [1.29, 1.82) is 0 Å². The van der Waals surface area contributed by atoms with E-state index in [1.54, 1.807) is 24.3 Å². The topological polar surface area (TPSA) is 64.6 Å². The zero-order valence-corrected chi connectivity index (χ0v) is 13.3. The number of nitrogens with one attached hydrogen (secondary N) is 1. The van der Waals surface area contributed by atoms with Gasteiger partial charge in [-0.1, -0.05) is 24.1 Å². The fourth-order valence-electron chi connectivity index (χ4n) is 2.37. The Balaban J connectivity index is 1.78. The molecule has 1 fully saturated rings. The number of rotatable bonds is 4. The van der Waals surface area contributed by atoms with Crippen LogP contribution in [0.15, 0.2) is 24.3 Å². The number of carbonyl (C=O) groups is 2. The van der Waals surface area contributed by atoms with E-state index in [1.165, 1.54) is 13.3 Å². The maximum absolute atomic E-state index is 11.9. The van der Waals surface area contributed by atoms with Crippen LogP contribution < -0.4 is 5.32 Å². The van der Waals surface area contributed by atoms with Crippen molar-refractivity contribution in [2.24, 2.45) is 0 Å². The average molecular weight is 326 g/mol. The van der Waals surface area contributed by atoms with Gasteiger partial charge in [0.25, 0.3) is 0 Å². The lowest BCUT2D eigenvalue weighted by molar-refractivity contribution is -0.159. The first kappa shape index (κ1) is 16.6. The highest BCUT2D eigenvalue weighted by Crippen LogP contribution is 2.21. The Morgan fingerprint density at radius 3 is 2.68 bits per heavy atom. The highest BCUT2D eigenvalue weighted by Gasteiger charge is 2.24. The van der Waals surface area contributed by atoms with Crippen molar-refractivity contribution in [1.82, 2.24) is 0 Å². The SMILES string of the molecule is CC(OC(=O)Nc1cccc(Cl)c1)C(=O)OC1CCCCC1. The summed E-state index contributed by atoms with van der Waals surface area (Å²) in [7, 11) is 0. The van der Waals surface area contributed by atoms with Gasteiger partial charge in [-0.15, -0.1) is 0 Å². The van der Waals surface area contributed by atoms with Gasteiger partial charge in [0, 0.05) is 10.7 Å². The molecule has 1 aromatic carbocycles. The number of hydrogen-bond acceptors (Lipinski definition) is 4. The van der Waals surface area contributed by atoms with E-state index >= 15 is 0 Å². The van der Waals surface area contributed by atoms with Crippen LogP contribution in [0, 0.1) is 0 Å². The summed E-state index contributed by atoms with van der Waals surface area (Å²) < 4.78 is 10.4. The van der Waals surface area contributed by atoms with Crippen LogP contribution in [0.5, 0.6) is 0 Å². The largest absolute Gasteiger partial charge is 0.460 e. The third-order valence-electron chi connectivity index (χ3n) is 3.52. The second-order valence-corrected chi connectivity index (χ2v) is 5.82. The van der Waals surface area contributed by atoms with E-state index in [4.69, 9.17) is 21.1 Å². The van der Waals surface area contributed by atoms with Gasteiger partial charge in [0.1, 0.15) is 6.10 Å². The van der Waals surface area contributed by atoms with E-state index in [1.807, 2.05) is 0 Å². The van der Waals surface area contributed by atoms with Gasteiger partial charge in [0.2, 0.25) is 0 Å². The lowest BCUT2D eigenvalue weighted by Crippen LogP contribution is -2.32. The smallest absolute Gasteiger partial charge is 0.412 e. The second-order valence-electron chi connectivity index (χ2n) is 5.38. The minimum atomic E-state index is -0.943. The predicted octanol–water partition coefficient (Wildman–Crippen LogP) is 4.15. The number of ether oxygens (including phenoxy) is 2. The molecule has 0 spiro atoms. The summed E-state index contributed by atoms with van der Waals surface area (Å²) in [5, 5.41) is 3.02. The summed E-state index contributed by atoms with van der Waals surface area (Å²) in [6.45, 7) is 1.50. The molecule has 1 amide bonds. The molecule has 1 aliphatic carbocycles. The molecule has 1 aliphatic rings. The van der Waals surface area contributed by atoms with Crippen LogP contribution in [-0.2, 0) is 14.3 Å². The molecule has 1 atom stereocenters. The van der Waals surface area contributed by atoms with Crippen LogP contribution in [-0.4, -0.2) is 24.3 Å². The maximum atomic E-state index is 11.9. The molecule has 120 valence electrons. The Hall–Kier alpha value is -1.75. The summed E-state index contributed by atoms with van der Waals surface area (Å²) in [6, 6.07) is 6.67. The molecule has 2 rings (SSSR count). The molecule has 6 heteroatoms. The zero-order chi connectivity index (χ0) is 15.9. The number of anilines is 1. The van der Waals surface area contributed by atoms with E-state index in [2.05, 4.69) is 5.32 Å². The molecule has 0 bridgehead atoms. The summed E-state index contributed by atoms with van der Waals surface area (Å²) in [5.74, 6) is -0.506. The van der Waals surface area contributed by atoms with Gasteiger partial charge in [0.05, 0.1) is 0 Å². The van der Waals surface area contributed by atoms with Gasteiger partial charge < -0.3 is 9.47 Å². The molecule has 1 aromatic rings. The Kier molecular flexibility index (Phi) is 6.07.